The molecule has 8 heteroatoms. The summed E-state index contributed by atoms with van der Waals surface area (Å²) in [6.45, 7) is 0.360. The van der Waals surface area contributed by atoms with Crippen molar-refractivity contribution in [2.24, 2.45) is 0 Å². The summed E-state index contributed by atoms with van der Waals surface area (Å²) in [5.74, 6) is 1.38. The van der Waals surface area contributed by atoms with E-state index in [0.29, 0.717) is 41.0 Å². The zero-order valence-corrected chi connectivity index (χ0v) is 15.9. The number of imide groups is 1. The Hall–Kier alpha value is -3.13. The maximum absolute atomic E-state index is 12.3. The standard InChI is InChI=1S/C20H17N3O4S/c1-26-14-9-7-13(8-10-14)17-21-22-20(27-17)28-12-4-11-23-18(24)15-5-2-3-6-16(15)19(23)25/h2-3,5-10H,4,11-12H2,1H3. The summed E-state index contributed by atoms with van der Waals surface area (Å²) in [6, 6.07) is 14.3. The molecule has 1 aromatic heterocycles. The topological polar surface area (TPSA) is 85.5 Å². The molecule has 142 valence electrons. The van der Waals surface area contributed by atoms with Gasteiger partial charge in [0.15, 0.2) is 0 Å². The van der Waals surface area contributed by atoms with Gasteiger partial charge in [-0.2, -0.15) is 0 Å². The van der Waals surface area contributed by atoms with Crippen LogP contribution in [0.2, 0.25) is 0 Å². The normalized spacial score (nSPS) is 13.1. The van der Waals surface area contributed by atoms with Gasteiger partial charge in [0.2, 0.25) is 5.89 Å². The van der Waals surface area contributed by atoms with Crippen molar-refractivity contribution in [3.8, 4) is 17.2 Å². The van der Waals surface area contributed by atoms with Gasteiger partial charge in [-0.15, -0.1) is 10.2 Å². The molecule has 0 atom stereocenters. The van der Waals surface area contributed by atoms with Crippen LogP contribution in [0, 0.1) is 0 Å². The Morgan fingerprint density at radius 1 is 1.00 bits per heavy atom. The highest BCUT2D eigenvalue weighted by molar-refractivity contribution is 7.99. The van der Waals surface area contributed by atoms with Gasteiger partial charge in [0, 0.05) is 17.9 Å². The zero-order chi connectivity index (χ0) is 19.5. The van der Waals surface area contributed by atoms with Gasteiger partial charge >= 0.3 is 0 Å². The highest BCUT2D eigenvalue weighted by Crippen LogP contribution is 2.26. The smallest absolute Gasteiger partial charge is 0.276 e. The van der Waals surface area contributed by atoms with Crippen LogP contribution in [0.3, 0.4) is 0 Å². The van der Waals surface area contributed by atoms with E-state index >= 15 is 0 Å². The molecule has 4 rings (SSSR count). The van der Waals surface area contributed by atoms with Crippen LogP contribution >= 0.6 is 11.8 Å². The lowest BCUT2D eigenvalue weighted by Crippen LogP contribution is -2.30. The molecule has 0 radical (unpaired) electrons. The van der Waals surface area contributed by atoms with E-state index in [1.54, 1.807) is 31.4 Å². The Labute approximate surface area is 165 Å². The van der Waals surface area contributed by atoms with E-state index in [0.717, 1.165) is 11.3 Å². The maximum Gasteiger partial charge on any atom is 0.276 e. The number of hydrogen-bond donors (Lipinski definition) is 0. The molecule has 0 bridgehead atoms. The fraction of sp³-hybridized carbons (Fsp3) is 0.200. The maximum atomic E-state index is 12.3. The van der Waals surface area contributed by atoms with Gasteiger partial charge in [0.25, 0.3) is 17.0 Å². The molecule has 2 aromatic carbocycles. The lowest BCUT2D eigenvalue weighted by atomic mass is 10.1. The second-order valence-electron chi connectivity index (χ2n) is 6.11. The second-order valence-corrected chi connectivity index (χ2v) is 7.16. The zero-order valence-electron chi connectivity index (χ0n) is 15.1. The van der Waals surface area contributed by atoms with E-state index in [1.807, 2.05) is 24.3 Å². The molecule has 28 heavy (non-hydrogen) atoms. The lowest BCUT2D eigenvalue weighted by Gasteiger charge is -2.12. The van der Waals surface area contributed by atoms with E-state index in [9.17, 15) is 9.59 Å². The average molecular weight is 395 g/mol. The van der Waals surface area contributed by atoms with E-state index in [2.05, 4.69) is 10.2 Å². The first-order valence-electron chi connectivity index (χ1n) is 8.73. The third-order valence-electron chi connectivity index (χ3n) is 4.37. The monoisotopic (exact) mass is 395 g/mol. The Morgan fingerprint density at radius 3 is 2.32 bits per heavy atom. The van der Waals surface area contributed by atoms with E-state index in [1.165, 1.54) is 16.7 Å². The molecule has 7 nitrogen and oxygen atoms in total. The largest absolute Gasteiger partial charge is 0.497 e. The minimum absolute atomic E-state index is 0.231. The van der Waals surface area contributed by atoms with Crippen LogP contribution in [0.1, 0.15) is 27.1 Å². The summed E-state index contributed by atoms with van der Waals surface area (Å²) in [4.78, 5) is 25.9. The highest BCUT2D eigenvalue weighted by Gasteiger charge is 2.34. The number of ether oxygens (including phenoxy) is 1. The molecule has 0 unspecified atom stereocenters. The quantitative estimate of drug-likeness (QED) is 0.344. The van der Waals surface area contributed by atoms with Gasteiger partial charge in [-0.3, -0.25) is 14.5 Å². The predicted molar refractivity (Wildman–Crippen MR) is 103 cm³/mol. The van der Waals surface area contributed by atoms with Crippen LogP contribution in [0.5, 0.6) is 5.75 Å². The van der Waals surface area contributed by atoms with Crippen molar-refractivity contribution in [1.29, 1.82) is 0 Å². The number of thioether (sulfide) groups is 1. The van der Waals surface area contributed by atoms with Crippen molar-refractivity contribution in [3.05, 3.63) is 59.7 Å². The number of nitrogens with zero attached hydrogens (tertiary/aromatic N) is 3. The first kappa shape index (κ1) is 18.2. The third-order valence-corrected chi connectivity index (χ3v) is 5.28. The average Bonchev–Trinajstić information content (AvgIpc) is 3.30. The van der Waals surface area contributed by atoms with Crippen molar-refractivity contribution in [2.45, 2.75) is 11.6 Å². The molecule has 3 aromatic rings. The summed E-state index contributed by atoms with van der Waals surface area (Å²) in [5.41, 5.74) is 1.76. The van der Waals surface area contributed by atoms with E-state index in [-0.39, 0.29) is 11.8 Å². The summed E-state index contributed by atoms with van der Waals surface area (Å²) < 4.78 is 10.8. The molecule has 2 heterocycles. The minimum atomic E-state index is -0.231. The van der Waals surface area contributed by atoms with E-state index in [4.69, 9.17) is 9.15 Å². The summed E-state index contributed by atoms with van der Waals surface area (Å²) in [5, 5.41) is 8.54. The predicted octanol–water partition coefficient (Wildman–Crippen LogP) is 3.52. The summed E-state index contributed by atoms with van der Waals surface area (Å²) in [6.07, 6.45) is 0.635. The number of amides is 2. The van der Waals surface area contributed by atoms with Crippen LogP contribution in [-0.4, -0.2) is 46.3 Å². The Balaban J connectivity index is 1.30. The fourth-order valence-electron chi connectivity index (χ4n) is 2.94. The van der Waals surface area contributed by atoms with Crippen LogP contribution < -0.4 is 4.74 Å². The molecule has 1 aliphatic rings. The van der Waals surface area contributed by atoms with Crippen LogP contribution in [0.15, 0.2) is 58.2 Å². The molecular formula is C20H17N3O4S. The minimum Gasteiger partial charge on any atom is -0.497 e. The summed E-state index contributed by atoms with van der Waals surface area (Å²) in [7, 11) is 1.61. The van der Waals surface area contributed by atoms with Crippen molar-refractivity contribution < 1.29 is 18.7 Å². The Kier molecular flexibility index (Phi) is 5.12. The van der Waals surface area contributed by atoms with Crippen LogP contribution in [0.4, 0.5) is 0 Å². The van der Waals surface area contributed by atoms with Crippen molar-refractivity contribution >= 4 is 23.6 Å². The van der Waals surface area contributed by atoms with Crippen molar-refractivity contribution in [2.75, 3.05) is 19.4 Å². The Morgan fingerprint density at radius 2 is 1.68 bits per heavy atom. The molecular weight excluding hydrogens is 378 g/mol. The number of aromatic nitrogens is 2. The number of benzene rings is 2. The Bertz CT molecular complexity index is 981. The number of methoxy groups -OCH3 is 1. The number of rotatable bonds is 7. The lowest BCUT2D eigenvalue weighted by molar-refractivity contribution is 0.0655. The first-order valence-corrected chi connectivity index (χ1v) is 9.72. The van der Waals surface area contributed by atoms with Crippen LogP contribution in [0.25, 0.3) is 11.5 Å². The van der Waals surface area contributed by atoms with Gasteiger partial charge in [0.1, 0.15) is 5.75 Å². The SMILES string of the molecule is COc1ccc(-c2nnc(SCCCN3C(=O)c4ccccc4C3=O)o2)cc1. The number of hydrogen-bond acceptors (Lipinski definition) is 7. The molecule has 2 amide bonds. The van der Waals surface area contributed by atoms with Gasteiger partial charge in [0.05, 0.1) is 18.2 Å². The molecule has 0 N–H and O–H groups in total. The molecule has 0 aliphatic carbocycles. The van der Waals surface area contributed by atoms with Crippen molar-refractivity contribution in [1.82, 2.24) is 15.1 Å². The molecule has 0 saturated heterocycles. The number of fused-ring (bicyclic) bond motifs is 1. The number of carbonyl (C=O) groups excluding carboxylic acids is 2. The van der Waals surface area contributed by atoms with Gasteiger partial charge in [-0.05, 0) is 42.8 Å². The number of carbonyl (C=O) groups is 2. The van der Waals surface area contributed by atoms with Gasteiger partial charge < -0.3 is 9.15 Å². The molecule has 0 saturated carbocycles. The molecule has 0 fully saturated rings. The molecule has 1 aliphatic heterocycles. The highest BCUT2D eigenvalue weighted by atomic mass is 32.2. The third kappa shape index (κ3) is 3.50. The molecule has 0 spiro atoms. The van der Waals surface area contributed by atoms with Gasteiger partial charge in [-0.1, -0.05) is 23.9 Å². The summed E-state index contributed by atoms with van der Waals surface area (Å²) >= 11 is 1.40. The second kappa shape index (κ2) is 7.85. The van der Waals surface area contributed by atoms with E-state index < -0.39 is 0 Å². The fourth-order valence-corrected chi connectivity index (χ4v) is 3.63. The first-order chi connectivity index (χ1) is 13.7. The van der Waals surface area contributed by atoms with Gasteiger partial charge in [-0.25, -0.2) is 0 Å². The van der Waals surface area contributed by atoms with Crippen LogP contribution in [-0.2, 0) is 0 Å². The van der Waals surface area contributed by atoms with Crippen molar-refractivity contribution in [3.63, 3.8) is 0 Å².